The zero-order chi connectivity index (χ0) is 12.8. The number of imidazole rings is 1. The van der Waals surface area contributed by atoms with Crippen LogP contribution in [0.2, 0.25) is 0 Å². The smallest absolute Gasteiger partial charge is 0.342 e. The SMILES string of the molecule is FC(F)(F)c1ccc2nc([C@H]3CCNC3)[nH]c2c1. The van der Waals surface area contributed by atoms with Crippen LogP contribution in [0.5, 0.6) is 0 Å². The second-order valence-corrected chi connectivity index (χ2v) is 4.54. The number of hydrogen-bond donors (Lipinski definition) is 2. The second-order valence-electron chi connectivity index (χ2n) is 4.54. The molecule has 1 saturated heterocycles. The molecule has 1 aliphatic heterocycles. The summed E-state index contributed by atoms with van der Waals surface area (Å²) in [5, 5.41) is 3.21. The Morgan fingerprint density at radius 3 is 2.78 bits per heavy atom. The van der Waals surface area contributed by atoms with Crippen molar-refractivity contribution in [3.8, 4) is 0 Å². The summed E-state index contributed by atoms with van der Waals surface area (Å²) in [6.07, 6.45) is -3.35. The highest BCUT2D eigenvalue weighted by atomic mass is 19.4. The van der Waals surface area contributed by atoms with Crippen LogP contribution in [0.15, 0.2) is 18.2 Å². The first kappa shape index (κ1) is 11.5. The average Bonchev–Trinajstić information content (AvgIpc) is 2.95. The maximum Gasteiger partial charge on any atom is 0.416 e. The predicted molar refractivity (Wildman–Crippen MR) is 61.3 cm³/mol. The van der Waals surface area contributed by atoms with E-state index in [1.807, 2.05) is 0 Å². The Kier molecular flexibility index (Phi) is 2.55. The Labute approximate surface area is 101 Å². The van der Waals surface area contributed by atoms with Crippen molar-refractivity contribution < 1.29 is 13.2 Å². The molecule has 3 nitrogen and oxygen atoms in total. The summed E-state index contributed by atoms with van der Waals surface area (Å²) >= 11 is 0. The highest BCUT2D eigenvalue weighted by Gasteiger charge is 2.31. The molecule has 1 aromatic carbocycles. The maximum absolute atomic E-state index is 12.6. The fourth-order valence-electron chi connectivity index (χ4n) is 2.29. The molecule has 0 amide bonds. The Morgan fingerprint density at radius 1 is 1.28 bits per heavy atom. The van der Waals surface area contributed by atoms with Crippen LogP contribution in [0.1, 0.15) is 23.7 Å². The van der Waals surface area contributed by atoms with Gasteiger partial charge in [0, 0.05) is 12.5 Å². The molecule has 1 atom stereocenters. The lowest BCUT2D eigenvalue weighted by atomic mass is 10.1. The average molecular weight is 255 g/mol. The van der Waals surface area contributed by atoms with Crippen molar-refractivity contribution >= 4 is 11.0 Å². The molecule has 1 fully saturated rings. The lowest BCUT2D eigenvalue weighted by molar-refractivity contribution is -0.137. The molecule has 0 unspecified atom stereocenters. The van der Waals surface area contributed by atoms with Gasteiger partial charge in [-0.3, -0.25) is 0 Å². The van der Waals surface area contributed by atoms with Crippen molar-refractivity contribution in [2.45, 2.75) is 18.5 Å². The number of H-pyrrole nitrogens is 1. The lowest BCUT2D eigenvalue weighted by Gasteiger charge is -2.05. The number of alkyl halides is 3. The molecule has 0 spiro atoms. The number of rotatable bonds is 1. The predicted octanol–water partition coefficient (Wildman–Crippen LogP) is 2.66. The monoisotopic (exact) mass is 255 g/mol. The minimum Gasteiger partial charge on any atom is -0.342 e. The van der Waals surface area contributed by atoms with E-state index in [9.17, 15) is 13.2 Å². The Morgan fingerprint density at radius 2 is 2.11 bits per heavy atom. The summed E-state index contributed by atoms with van der Waals surface area (Å²) in [7, 11) is 0. The number of hydrogen-bond acceptors (Lipinski definition) is 2. The van der Waals surface area contributed by atoms with Gasteiger partial charge in [-0.2, -0.15) is 13.2 Å². The highest BCUT2D eigenvalue weighted by Crippen LogP contribution is 2.31. The molecule has 2 aromatic rings. The summed E-state index contributed by atoms with van der Waals surface area (Å²) in [5.41, 5.74) is 0.395. The second kappa shape index (κ2) is 3.98. The molecule has 2 N–H and O–H groups in total. The van der Waals surface area contributed by atoms with Gasteiger partial charge in [0.2, 0.25) is 0 Å². The number of benzene rings is 1. The highest BCUT2D eigenvalue weighted by molar-refractivity contribution is 5.76. The number of halogens is 3. The molecule has 18 heavy (non-hydrogen) atoms. The van der Waals surface area contributed by atoms with Crippen LogP contribution in [0.4, 0.5) is 13.2 Å². The van der Waals surface area contributed by atoms with Gasteiger partial charge in [-0.05, 0) is 31.2 Å². The van der Waals surface area contributed by atoms with Crippen LogP contribution in [0.3, 0.4) is 0 Å². The number of nitrogens with one attached hydrogen (secondary N) is 2. The van der Waals surface area contributed by atoms with E-state index < -0.39 is 11.7 Å². The van der Waals surface area contributed by atoms with Gasteiger partial charge in [0.05, 0.1) is 16.6 Å². The summed E-state index contributed by atoms with van der Waals surface area (Å²) < 4.78 is 37.7. The molecular formula is C12H12F3N3. The molecule has 0 aliphatic carbocycles. The third kappa shape index (κ3) is 1.96. The minimum absolute atomic E-state index is 0.270. The van der Waals surface area contributed by atoms with Crippen molar-refractivity contribution in [1.29, 1.82) is 0 Å². The Balaban J connectivity index is 2.01. The van der Waals surface area contributed by atoms with Gasteiger partial charge in [0.25, 0.3) is 0 Å². The zero-order valence-electron chi connectivity index (χ0n) is 9.51. The largest absolute Gasteiger partial charge is 0.416 e. The normalized spacial score (nSPS) is 20.7. The number of aromatic nitrogens is 2. The molecule has 0 radical (unpaired) electrons. The van der Waals surface area contributed by atoms with Gasteiger partial charge >= 0.3 is 6.18 Å². The first-order valence-corrected chi connectivity index (χ1v) is 5.81. The van der Waals surface area contributed by atoms with E-state index in [2.05, 4.69) is 15.3 Å². The van der Waals surface area contributed by atoms with Crippen LogP contribution in [0.25, 0.3) is 11.0 Å². The number of aromatic amines is 1. The van der Waals surface area contributed by atoms with Crippen LogP contribution in [-0.2, 0) is 6.18 Å². The first-order chi connectivity index (χ1) is 8.54. The topological polar surface area (TPSA) is 40.7 Å². The molecule has 1 aromatic heterocycles. The van der Waals surface area contributed by atoms with Crippen molar-refractivity contribution in [3.63, 3.8) is 0 Å². The van der Waals surface area contributed by atoms with E-state index in [1.165, 1.54) is 6.07 Å². The van der Waals surface area contributed by atoms with Crippen molar-refractivity contribution in [1.82, 2.24) is 15.3 Å². The maximum atomic E-state index is 12.6. The molecule has 96 valence electrons. The Bertz CT molecular complexity index is 567. The fraction of sp³-hybridized carbons (Fsp3) is 0.417. The van der Waals surface area contributed by atoms with E-state index in [-0.39, 0.29) is 5.92 Å². The van der Waals surface area contributed by atoms with E-state index in [0.29, 0.717) is 11.0 Å². The van der Waals surface area contributed by atoms with Gasteiger partial charge in [-0.1, -0.05) is 0 Å². The van der Waals surface area contributed by atoms with Gasteiger partial charge in [0.1, 0.15) is 5.82 Å². The standard InChI is InChI=1S/C12H12F3N3/c13-12(14,15)8-1-2-9-10(5-8)18-11(17-9)7-3-4-16-6-7/h1-2,5,7,16H,3-4,6H2,(H,17,18)/t7-/m0/s1. The molecule has 2 heterocycles. The van der Waals surface area contributed by atoms with Crippen LogP contribution in [0, 0.1) is 0 Å². The molecular weight excluding hydrogens is 243 g/mol. The number of nitrogens with zero attached hydrogens (tertiary/aromatic N) is 1. The summed E-state index contributed by atoms with van der Waals surface area (Å²) in [6, 6.07) is 3.61. The van der Waals surface area contributed by atoms with Crippen molar-refractivity contribution in [2.75, 3.05) is 13.1 Å². The third-order valence-electron chi connectivity index (χ3n) is 3.27. The lowest BCUT2D eigenvalue weighted by Crippen LogP contribution is -2.08. The van der Waals surface area contributed by atoms with Crippen LogP contribution in [-0.4, -0.2) is 23.1 Å². The Hall–Kier alpha value is -1.56. The van der Waals surface area contributed by atoms with E-state index >= 15 is 0 Å². The fourth-order valence-corrected chi connectivity index (χ4v) is 2.29. The van der Waals surface area contributed by atoms with Crippen LogP contribution < -0.4 is 5.32 Å². The van der Waals surface area contributed by atoms with Crippen LogP contribution >= 0.6 is 0 Å². The van der Waals surface area contributed by atoms with E-state index in [4.69, 9.17) is 0 Å². The van der Waals surface area contributed by atoms with Gasteiger partial charge < -0.3 is 10.3 Å². The molecule has 0 saturated carbocycles. The van der Waals surface area contributed by atoms with Crippen molar-refractivity contribution in [3.05, 3.63) is 29.6 Å². The number of fused-ring (bicyclic) bond motifs is 1. The van der Waals surface area contributed by atoms with Crippen molar-refractivity contribution in [2.24, 2.45) is 0 Å². The van der Waals surface area contributed by atoms with E-state index in [1.54, 1.807) is 0 Å². The molecule has 3 rings (SSSR count). The first-order valence-electron chi connectivity index (χ1n) is 5.81. The summed E-state index contributed by atoms with van der Waals surface area (Å²) in [5.74, 6) is 1.04. The molecule has 6 heteroatoms. The molecule has 0 bridgehead atoms. The quantitative estimate of drug-likeness (QED) is 0.822. The van der Waals surface area contributed by atoms with Gasteiger partial charge in [-0.15, -0.1) is 0 Å². The van der Waals surface area contributed by atoms with Gasteiger partial charge in [-0.25, -0.2) is 4.98 Å². The zero-order valence-corrected chi connectivity index (χ0v) is 9.51. The van der Waals surface area contributed by atoms with Gasteiger partial charge in [0.15, 0.2) is 0 Å². The molecule has 1 aliphatic rings. The van der Waals surface area contributed by atoms with E-state index in [0.717, 1.165) is 37.5 Å². The third-order valence-corrected chi connectivity index (χ3v) is 3.27. The summed E-state index contributed by atoms with van der Waals surface area (Å²) in [4.78, 5) is 7.35. The summed E-state index contributed by atoms with van der Waals surface area (Å²) in [6.45, 7) is 1.75. The minimum atomic E-state index is -4.31.